The summed E-state index contributed by atoms with van der Waals surface area (Å²) in [5, 5.41) is 5.14. The molecule has 0 aliphatic rings. The van der Waals surface area contributed by atoms with Crippen LogP contribution in [0, 0.1) is 0 Å². The molecule has 0 spiro atoms. The topological polar surface area (TPSA) is 57.0 Å². The van der Waals surface area contributed by atoms with E-state index in [9.17, 15) is 0 Å². The van der Waals surface area contributed by atoms with Crippen molar-refractivity contribution in [3.05, 3.63) is 34.9 Å². The Morgan fingerprint density at radius 1 is 1.41 bits per heavy atom. The maximum atomic E-state index is 5.88. The first-order valence-electron chi connectivity index (χ1n) is 5.12. The summed E-state index contributed by atoms with van der Waals surface area (Å²) in [6.07, 6.45) is 1.62. The maximum Gasteiger partial charge on any atom is 0.155 e. The first-order chi connectivity index (χ1) is 8.16. The van der Waals surface area contributed by atoms with Gasteiger partial charge in [0.1, 0.15) is 11.3 Å². The number of halogens is 1. The Hall–Kier alpha value is -1.75. The van der Waals surface area contributed by atoms with Crippen LogP contribution in [0.25, 0.3) is 22.4 Å². The first-order valence-corrected chi connectivity index (χ1v) is 5.92. The van der Waals surface area contributed by atoms with Gasteiger partial charge in [0.15, 0.2) is 5.76 Å². The van der Waals surface area contributed by atoms with Gasteiger partial charge >= 0.3 is 0 Å². The number of aromatic nitrogens is 2. The van der Waals surface area contributed by atoms with Crippen molar-refractivity contribution in [2.75, 3.05) is 5.73 Å². The molecule has 0 aliphatic carbocycles. The van der Waals surface area contributed by atoms with Crippen molar-refractivity contribution < 1.29 is 4.42 Å². The lowest BCUT2D eigenvalue weighted by molar-refractivity contribution is 0.617. The number of para-hydroxylation sites is 1. The molecule has 0 aliphatic heterocycles. The molecule has 2 aromatic heterocycles. The predicted octanol–water partition coefficient (Wildman–Crippen LogP) is 3.18. The predicted molar refractivity (Wildman–Crippen MR) is 70.5 cm³/mol. The number of benzene rings is 1. The van der Waals surface area contributed by atoms with E-state index in [-0.39, 0.29) is 0 Å². The normalized spacial score (nSPS) is 11.2. The minimum atomic E-state index is 0.614. The summed E-state index contributed by atoms with van der Waals surface area (Å²) >= 11 is 3.46. The van der Waals surface area contributed by atoms with E-state index in [4.69, 9.17) is 10.2 Å². The molecule has 17 heavy (non-hydrogen) atoms. The highest BCUT2D eigenvalue weighted by molar-refractivity contribution is 9.10. The molecular weight excluding hydrogens is 282 g/mol. The summed E-state index contributed by atoms with van der Waals surface area (Å²) in [7, 11) is 1.84. The second-order valence-corrected chi connectivity index (χ2v) is 4.70. The number of furan rings is 1. The number of rotatable bonds is 1. The zero-order valence-electron chi connectivity index (χ0n) is 9.14. The standard InChI is InChI=1S/C12H10BrN3O/c1-16-11(9(14)6-15-16)10-5-7-3-2-4-8(13)12(7)17-10/h2-6H,14H2,1H3. The minimum Gasteiger partial charge on any atom is -0.453 e. The number of aryl methyl sites for hydroxylation is 1. The van der Waals surface area contributed by atoms with Crippen molar-refractivity contribution in [1.82, 2.24) is 9.78 Å². The van der Waals surface area contributed by atoms with Gasteiger partial charge in [-0.1, -0.05) is 12.1 Å². The molecule has 0 fully saturated rings. The van der Waals surface area contributed by atoms with Crippen LogP contribution in [0.2, 0.25) is 0 Å². The third-order valence-corrected chi connectivity index (χ3v) is 3.32. The van der Waals surface area contributed by atoms with Gasteiger partial charge in [0.25, 0.3) is 0 Å². The lowest BCUT2D eigenvalue weighted by atomic mass is 10.2. The van der Waals surface area contributed by atoms with E-state index in [1.165, 1.54) is 0 Å². The molecule has 0 radical (unpaired) electrons. The molecule has 5 heteroatoms. The van der Waals surface area contributed by atoms with E-state index in [1.54, 1.807) is 10.9 Å². The van der Waals surface area contributed by atoms with Gasteiger partial charge < -0.3 is 10.2 Å². The zero-order valence-corrected chi connectivity index (χ0v) is 10.7. The quantitative estimate of drug-likeness (QED) is 0.749. The van der Waals surface area contributed by atoms with Gasteiger partial charge in [0, 0.05) is 12.4 Å². The highest BCUT2D eigenvalue weighted by Gasteiger charge is 2.14. The van der Waals surface area contributed by atoms with Crippen LogP contribution in [0.3, 0.4) is 0 Å². The summed E-state index contributed by atoms with van der Waals surface area (Å²) < 4.78 is 8.46. The van der Waals surface area contributed by atoms with Crippen molar-refractivity contribution in [3.8, 4) is 11.5 Å². The van der Waals surface area contributed by atoms with E-state index in [0.29, 0.717) is 5.69 Å². The molecule has 0 bridgehead atoms. The molecule has 0 amide bonds. The molecule has 0 saturated heterocycles. The molecule has 4 nitrogen and oxygen atoms in total. The number of nitrogen functional groups attached to an aromatic ring is 1. The van der Waals surface area contributed by atoms with E-state index < -0.39 is 0 Å². The number of hydrogen-bond donors (Lipinski definition) is 1. The summed E-state index contributed by atoms with van der Waals surface area (Å²) in [6, 6.07) is 7.88. The minimum absolute atomic E-state index is 0.614. The fraction of sp³-hybridized carbons (Fsp3) is 0.0833. The molecule has 3 rings (SSSR count). The Morgan fingerprint density at radius 2 is 2.24 bits per heavy atom. The summed E-state index contributed by atoms with van der Waals surface area (Å²) in [6.45, 7) is 0. The monoisotopic (exact) mass is 291 g/mol. The Bertz CT molecular complexity index is 679. The molecule has 3 aromatic rings. The van der Waals surface area contributed by atoms with Crippen LogP contribution in [0.4, 0.5) is 5.69 Å². The highest BCUT2D eigenvalue weighted by atomic mass is 79.9. The second-order valence-electron chi connectivity index (χ2n) is 3.84. The van der Waals surface area contributed by atoms with Crippen molar-refractivity contribution in [1.29, 1.82) is 0 Å². The zero-order chi connectivity index (χ0) is 12.0. The van der Waals surface area contributed by atoms with E-state index in [1.807, 2.05) is 31.3 Å². The van der Waals surface area contributed by atoms with Crippen molar-refractivity contribution in [3.63, 3.8) is 0 Å². The third-order valence-electron chi connectivity index (χ3n) is 2.70. The summed E-state index contributed by atoms with van der Waals surface area (Å²) in [5.74, 6) is 0.726. The molecule has 0 saturated carbocycles. The average molecular weight is 292 g/mol. The Labute approximate surface area is 106 Å². The fourth-order valence-electron chi connectivity index (χ4n) is 1.90. The maximum absolute atomic E-state index is 5.88. The average Bonchev–Trinajstić information content (AvgIpc) is 2.84. The number of nitrogens with zero attached hydrogens (tertiary/aromatic N) is 2. The highest BCUT2D eigenvalue weighted by Crippen LogP contribution is 2.33. The number of anilines is 1. The lowest BCUT2D eigenvalue weighted by Crippen LogP contribution is -1.94. The molecular formula is C12H10BrN3O. The van der Waals surface area contributed by atoms with Crippen LogP contribution < -0.4 is 5.73 Å². The molecule has 0 atom stereocenters. The molecule has 2 N–H and O–H groups in total. The van der Waals surface area contributed by atoms with Gasteiger partial charge in [0.05, 0.1) is 16.4 Å². The molecule has 1 aromatic carbocycles. The lowest BCUT2D eigenvalue weighted by Gasteiger charge is -1.98. The Morgan fingerprint density at radius 3 is 2.88 bits per heavy atom. The Balaban J connectivity index is 2.29. The van der Waals surface area contributed by atoms with E-state index in [0.717, 1.165) is 26.9 Å². The van der Waals surface area contributed by atoms with Crippen LogP contribution in [-0.2, 0) is 7.05 Å². The van der Waals surface area contributed by atoms with E-state index >= 15 is 0 Å². The molecule has 0 unspecified atom stereocenters. The third kappa shape index (κ3) is 1.54. The van der Waals surface area contributed by atoms with E-state index in [2.05, 4.69) is 21.0 Å². The van der Waals surface area contributed by atoms with Crippen LogP contribution in [0.5, 0.6) is 0 Å². The van der Waals surface area contributed by atoms with Crippen LogP contribution in [0.15, 0.2) is 39.4 Å². The summed E-state index contributed by atoms with van der Waals surface area (Å²) in [4.78, 5) is 0. The van der Waals surface area contributed by atoms with Crippen molar-refractivity contribution in [2.24, 2.45) is 7.05 Å². The first kappa shape index (κ1) is 10.4. The van der Waals surface area contributed by atoms with Crippen molar-refractivity contribution >= 4 is 32.6 Å². The van der Waals surface area contributed by atoms with Gasteiger partial charge in [-0.15, -0.1) is 0 Å². The van der Waals surface area contributed by atoms with Gasteiger partial charge in [-0.05, 0) is 28.1 Å². The molecule has 86 valence electrons. The second kappa shape index (κ2) is 3.63. The Kier molecular flexibility index (Phi) is 2.22. The van der Waals surface area contributed by atoms with Gasteiger partial charge in [-0.3, -0.25) is 4.68 Å². The van der Waals surface area contributed by atoms with Crippen LogP contribution >= 0.6 is 15.9 Å². The SMILES string of the molecule is Cn1ncc(N)c1-c1cc2cccc(Br)c2o1. The number of fused-ring (bicyclic) bond motifs is 1. The van der Waals surface area contributed by atoms with Crippen LogP contribution in [-0.4, -0.2) is 9.78 Å². The van der Waals surface area contributed by atoms with Gasteiger partial charge in [-0.25, -0.2) is 0 Å². The largest absolute Gasteiger partial charge is 0.453 e. The van der Waals surface area contributed by atoms with Crippen LogP contribution in [0.1, 0.15) is 0 Å². The number of hydrogen-bond acceptors (Lipinski definition) is 3. The van der Waals surface area contributed by atoms with Crippen molar-refractivity contribution in [2.45, 2.75) is 0 Å². The number of nitrogens with two attached hydrogens (primary N) is 1. The van der Waals surface area contributed by atoms with Gasteiger partial charge in [0.2, 0.25) is 0 Å². The molecule has 2 heterocycles. The van der Waals surface area contributed by atoms with Gasteiger partial charge in [-0.2, -0.15) is 5.10 Å². The summed E-state index contributed by atoms with van der Waals surface area (Å²) in [5.41, 5.74) is 8.11. The smallest absolute Gasteiger partial charge is 0.155 e. The fourth-order valence-corrected chi connectivity index (χ4v) is 2.36.